The standard InChI is InChI=1S/C24H26N4O5/c1-15(2)13-31-24(30)27-20(10-17-12-25-19-6-4-3-5-18(17)19)23(29)28-26-11-16-7-8-21-22(9-16)33-14-32-21/h3-9,11-12,15,20,25H,10,13-14H2,1-2H3,(H,27,30)(H,28,29)/b26-11-/t20-/m1/s1. The third kappa shape index (κ3) is 5.62. The van der Waals surface area contributed by atoms with Crippen molar-refractivity contribution in [1.82, 2.24) is 15.7 Å². The van der Waals surface area contributed by atoms with Crippen molar-refractivity contribution in [3.63, 3.8) is 0 Å². The minimum Gasteiger partial charge on any atom is -0.454 e. The molecule has 2 amide bonds. The molecule has 3 aromatic rings. The first-order valence-electron chi connectivity index (χ1n) is 10.7. The van der Waals surface area contributed by atoms with Crippen LogP contribution in [0.15, 0.2) is 53.8 Å². The van der Waals surface area contributed by atoms with Crippen molar-refractivity contribution < 1.29 is 23.8 Å². The van der Waals surface area contributed by atoms with Gasteiger partial charge >= 0.3 is 6.09 Å². The van der Waals surface area contributed by atoms with Gasteiger partial charge in [-0.1, -0.05) is 32.0 Å². The zero-order chi connectivity index (χ0) is 23.2. The van der Waals surface area contributed by atoms with E-state index in [4.69, 9.17) is 14.2 Å². The number of amides is 2. The summed E-state index contributed by atoms with van der Waals surface area (Å²) in [4.78, 5) is 28.4. The lowest BCUT2D eigenvalue weighted by atomic mass is 10.0. The van der Waals surface area contributed by atoms with Gasteiger partial charge < -0.3 is 24.5 Å². The number of rotatable bonds is 8. The van der Waals surface area contributed by atoms with Crippen LogP contribution in [-0.4, -0.2) is 42.6 Å². The molecular formula is C24H26N4O5. The highest BCUT2D eigenvalue weighted by molar-refractivity contribution is 5.89. The van der Waals surface area contributed by atoms with Crippen LogP contribution in [0.2, 0.25) is 0 Å². The fraction of sp³-hybridized carbons (Fsp3) is 0.292. The summed E-state index contributed by atoms with van der Waals surface area (Å²) in [6, 6.07) is 12.2. The number of aromatic amines is 1. The van der Waals surface area contributed by atoms with Crippen LogP contribution in [0.1, 0.15) is 25.0 Å². The maximum absolute atomic E-state index is 12.9. The number of hydrazone groups is 1. The normalized spacial score (nSPS) is 13.4. The molecule has 0 unspecified atom stereocenters. The topological polar surface area (TPSA) is 114 Å². The number of benzene rings is 2. The minimum absolute atomic E-state index is 0.181. The summed E-state index contributed by atoms with van der Waals surface area (Å²) in [7, 11) is 0. The van der Waals surface area contributed by atoms with Crippen molar-refractivity contribution in [3.05, 3.63) is 59.8 Å². The number of aromatic nitrogens is 1. The Kier molecular flexibility index (Phi) is 6.77. The van der Waals surface area contributed by atoms with Crippen LogP contribution in [-0.2, 0) is 16.0 Å². The first kappa shape index (κ1) is 22.2. The van der Waals surface area contributed by atoms with Gasteiger partial charge in [-0.15, -0.1) is 0 Å². The number of alkyl carbamates (subject to hydrolysis) is 1. The Morgan fingerprint density at radius 3 is 2.85 bits per heavy atom. The molecule has 0 fully saturated rings. The second kappa shape index (κ2) is 10.1. The molecule has 1 aliphatic heterocycles. The average Bonchev–Trinajstić information content (AvgIpc) is 3.44. The van der Waals surface area contributed by atoms with Crippen LogP contribution in [0.5, 0.6) is 11.5 Å². The number of H-pyrrole nitrogens is 1. The fourth-order valence-corrected chi connectivity index (χ4v) is 3.40. The van der Waals surface area contributed by atoms with Crippen LogP contribution >= 0.6 is 0 Å². The summed E-state index contributed by atoms with van der Waals surface area (Å²) in [6.45, 7) is 4.32. The highest BCUT2D eigenvalue weighted by Gasteiger charge is 2.23. The summed E-state index contributed by atoms with van der Waals surface area (Å²) in [5.41, 5.74) is 5.09. The van der Waals surface area contributed by atoms with E-state index < -0.39 is 18.0 Å². The van der Waals surface area contributed by atoms with Gasteiger partial charge in [-0.05, 0) is 41.3 Å². The average molecular weight is 450 g/mol. The molecule has 0 radical (unpaired) electrons. The van der Waals surface area contributed by atoms with Crippen molar-refractivity contribution in [3.8, 4) is 11.5 Å². The Morgan fingerprint density at radius 2 is 2.00 bits per heavy atom. The predicted molar refractivity (Wildman–Crippen MR) is 123 cm³/mol. The second-order valence-corrected chi connectivity index (χ2v) is 8.10. The molecular weight excluding hydrogens is 424 g/mol. The Hall–Kier alpha value is -4.01. The van der Waals surface area contributed by atoms with E-state index in [9.17, 15) is 9.59 Å². The third-order valence-electron chi connectivity index (χ3n) is 5.04. The number of carbonyl (C=O) groups is 2. The summed E-state index contributed by atoms with van der Waals surface area (Å²) in [5, 5.41) is 7.68. The smallest absolute Gasteiger partial charge is 0.407 e. The zero-order valence-electron chi connectivity index (χ0n) is 18.5. The van der Waals surface area contributed by atoms with Crippen LogP contribution in [0, 0.1) is 5.92 Å². The van der Waals surface area contributed by atoms with Crippen molar-refractivity contribution in [2.24, 2.45) is 11.0 Å². The summed E-state index contributed by atoms with van der Waals surface area (Å²) >= 11 is 0. The SMILES string of the molecule is CC(C)COC(=O)N[C@H](Cc1c[nH]c2ccccc12)C(=O)N/N=C\c1ccc2c(c1)OCO2. The van der Waals surface area contributed by atoms with Gasteiger partial charge in [0.15, 0.2) is 11.5 Å². The van der Waals surface area contributed by atoms with Gasteiger partial charge in [-0.3, -0.25) is 4.79 Å². The Balaban J connectivity index is 1.45. The van der Waals surface area contributed by atoms with E-state index in [1.165, 1.54) is 6.21 Å². The number of carbonyl (C=O) groups excluding carboxylic acids is 2. The Bertz CT molecular complexity index is 1170. The van der Waals surface area contributed by atoms with Crippen molar-refractivity contribution in [2.75, 3.05) is 13.4 Å². The number of para-hydroxylation sites is 1. The molecule has 1 aliphatic rings. The van der Waals surface area contributed by atoms with Gasteiger partial charge in [0.05, 0.1) is 12.8 Å². The molecule has 33 heavy (non-hydrogen) atoms. The summed E-state index contributed by atoms with van der Waals surface area (Å²) in [6.07, 6.45) is 2.96. The molecule has 0 saturated carbocycles. The van der Waals surface area contributed by atoms with Crippen LogP contribution < -0.4 is 20.2 Å². The van der Waals surface area contributed by atoms with Gasteiger partial charge in [0.1, 0.15) is 6.04 Å². The van der Waals surface area contributed by atoms with E-state index >= 15 is 0 Å². The minimum atomic E-state index is -0.877. The lowest BCUT2D eigenvalue weighted by Gasteiger charge is -2.17. The summed E-state index contributed by atoms with van der Waals surface area (Å²) < 4.78 is 15.8. The van der Waals surface area contributed by atoms with Gasteiger partial charge in [0.2, 0.25) is 6.79 Å². The van der Waals surface area contributed by atoms with Gasteiger partial charge in [-0.25, -0.2) is 10.2 Å². The maximum Gasteiger partial charge on any atom is 0.407 e. The number of ether oxygens (including phenoxy) is 3. The Morgan fingerprint density at radius 1 is 1.18 bits per heavy atom. The predicted octanol–water partition coefficient (Wildman–Crippen LogP) is 3.34. The number of hydrogen-bond donors (Lipinski definition) is 3. The number of nitrogens with one attached hydrogen (secondary N) is 3. The van der Waals surface area contributed by atoms with Crippen LogP contribution in [0.3, 0.4) is 0 Å². The molecule has 172 valence electrons. The fourth-order valence-electron chi connectivity index (χ4n) is 3.40. The van der Waals surface area contributed by atoms with Gasteiger partial charge in [0, 0.05) is 23.5 Å². The van der Waals surface area contributed by atoms with Gasteiger partial charge in [-0.2, -0.15) is 5.10 Å². The monoisotopic (exact) mass is 450 g/mol. The van der Waals surface area contributed by atoms with Gasteiger partial charge in [0.25, 0.3) is 5.91 Å². The summed E-state index contributed by atoms with van der Waals surface area (Å²) in [5.74, 6) is 1.01. The van der Waals surface area contributed by atoms with Crippen molar-refractivity contribution >= 4 is 29.1 Å². The van der Waals surface area contributed by atoms with Crippen molar-refractivity contribution in [1.29, 1.82) is 0 Å². The van der Waals surface area contributed by atoms with Crippen LogP contribution in [0.25, 0.3) is 10.9 Å². The largest absolute Gasteiger partial charge is 0.454 e. The molecule has 0 bridgehead atoms. The van der Waals surface area contributed by atoms with Crippen LogP contribution in [0.4, 0.5) is 4.79 Å². The quantitative estimate of drug-likeness (QED) is 0.360. The maximum atomic E-state index is 12.9. The van der Waals surface area contributed by atoms with E-state index in [0.717, 1.165) is 22.0 Å². The molecule has 2 heterocycles. The van der Waals surface area contributed by atoms with E-state index in [2.05, 4.69) is 20.8 Å². The van der Waals surface area contributed by atoms with E-state index in [1.54, 1.807) is 18.2 Å². The molecule has 1 atom stereocenters. The van der Waals surface area contributed by atoms with E-state index in [0.29, 0.717) is 11.5 Å². The molecule has 0 spiro atoms. The first-order valence-corrected chi connectivity index (χ1v) is 10.7. The molecule has 2 aromatic carbocycles. The molecule has 9 heteroatoms. The molecule has 4 rings (SSSR count). The molecule has 1 aromatic heterocycles. The van der Waals surface area contributed by atoms with Crippen molar-refractivity contribution in [2.45, 2.75) is 26.3 Å². The number of hydrogen-bond acceptors (Lipinski definition) is 6. The lowest BCUT2D eigenvalue weighted by molar-refractivity contribution is -0.123. The van der Waals surface area contributed by atoms with E-state index in [-0.39, 0.29) is 25.7 Å². The molecule has 0 aliphatic carbocycles. The number of fused-ring (bicyclic) bond motifs is 2. The van der Waals surface area contributed by atoms with E-state index in [1.807, 2.05) is 44.3 Å². The second-order valence-electron chi connectivity index (χ2n) is 8.10. The first-order chi connectivity index (χ1) is 16.0. The highest BCUT2D eigenvalue weighted by Crippen LogP contribution is 2.31. The molecule has 3 N–H and O–H groups in total. The lowest BCUT2D eigenvalue weighted by Crippen LogP contribution is -2.47. The number of nitrogens with zero attached hydrogens (tertiary/aromatic N) is 1. The molecule has 0 saturated heterocycles. The third-order valence-corrected chi connectivity index (χ3v) is 5.04. The zero-order valence-corrected chi connectivity index (χ0v) is 18.5. The highest BCUT2D eigenvalue weighted by atomic mass is 16.7. The molecule has 9 nitrogen and oxygen atoms in total. The Labute approximate surface area is 191 Å².